The van der Waals surface area contributed by atoms with Gasteiger partial charge in [-0.1, -0.05) is 12.1 Å². The summed E-state index contributed by atoms with van der Waals surface area (Å²) in [4.78, 5) is 29.8. The van der Waals surface area contributed by atoms with E-state index < -0.39 is 23.1 Å². The highest BCUT2D eigenvalue weighted by atomic mass is 19.1. The minimum absolute atomic E-state index is 0.182. The van der Waals surface area contributed by atoms with E-state index in [0.29, 0.717) is 22.3 Å². The molecule has 0 unspecified atom stereocenters. The number of rotatable bonds is 5. The van der Waals surface area contributed by atoms with Crippen LogP contribution in [0.2, 0.25) is 0 Å². The second kappa shape index (κ2) is 10.0. The highest BCUT2D eigenvalue weighted by molar-refractivity contribution is 6.00. The zero-order chi connectivity index (χ0) is 28.0. The van der Waals surface area contributed by atoms with Crippen LogP contribution in [0.15, 0.2) is 71.9 Å². The molecule has 0 saturated carbocycles. The lowest BCUT2D eigenvalue weighted by molar-refractivity contribution is 0.0999. The number of nitrogen functional groups attached to an aromatic ring is 1. The standard InChI is InChI=1S/C29H25F2N7O2/c30-18-2-4-19(5-3-18)37-12-9-20(25(28(33)39)29(37)40)17-1-6-21(23(31)13-17)22-14-24(16-7-10-34-11-8-16)38-26(22)27(32)35-15-36-38/h1-6,9,12-16,34H,7-8,10-11H2,(H2,33,39)(H2,32,35,36). The average molecular weight is 542 g/mol. The van der Waals surface area contributed by atoms with Crippen LogP contribution in [0.25, 0.3) is 33.5 Å². The van der Waals surface area contributed by atoms with Crippen molar-refractivity contribution in [3.63, 3.8) is 0 Å². The maximum absolute atomic E-state index is 15.8. The first-order valence-electron chi connectivity index (χ1n) is 12.8. The molecule has 1 saturated heterocycles. The number of hydrogen-bond acceptors (Lipinski definition) is 6. The van der Waals surface area contributed by atoms with Crippen molar-refractivity contribution in [2.45, 2.75) is 18.8 Å². The van der Waals surface area contributed by atoms with Gasteiger partial charge in [0.15, 0.2) is 5.82 Å². The van der Waals surface area contributed by atoms with E-state index in [-0.39, 0.29) is 28.4 Å². The van der Waals surface area contributed by atoms with E-state index in [2.05, 4.69) is 15.4 Å². The molecular formula is C29H25F2N7O2. The molecule has 1 aliphatic heterocycles. The summed E-state index contributed by atoms with van der Waals surface area (Å²) in [5.74, 6) is -1.55. The molecule has 1 fully saturated rings. The zero-order valence-corrected chi connectivity index (χ0v) is 21.3. The first-order valence-corrected chi connectivity index (χ1v) is 12.8. The van der Waals surface area contributed by atoms with Crippen LogP contribution >= 0.6 is 0 Å². The van der Waals surface area contributed by atoms with Gasteiger partial charge < -0.3 is 16.8 Å². The summed E-state index contributed by atoms with van der Waals surface area (Å²) in [6.45, 7) is 1.75. The lowest BCUT2D eigenvalue weighted by Gasteiger charge is -2.22. The molecule has 40 heavy (non-hydrogen) atoms. The average Bonchev–Trinajstić information content (AvgIpc) is 3.34. The summed E-state index contributed by atoms with van der Waals surface area (Å²) >= 11 is 0. The second-order valence-electron chi connectivity index (χ2n) is 9.73. The molecule has 2 aromatic carbocycles. The highest BCUT2D eigenvalue weighted by Crippen LogP contribution is 2.38. The number of benzene rings is 2. The number of halogens is 2. The van der Waals surface area contributed by atoms with Crippen molar-refractivity contribution in [3.8, 4) is 27.9 Å². The van der Waals surface area contributed by atoms with Gasteiger partial charge in [0.05, 0.1) is 0 Å². The quantitative estimate of drug-likeness (QED) is 0.311. The number of nitrogens with zero attached hydrogens (tertiary/aromatic N) is 4. The molecule has 0 radical (unpaired) electrons. The molecule has 1 amide bonds. The van der Waals surface area contributed by atoms with E-state index in [1.807, 2.05) is 6.07 Å². The Labute approximate surface area is 227 Å². The lowest BCUT2D eigenvalue weighted by Crippen LogP contribution is -2.29. The van der Waals surface area contributed by atoms with Crippen LogP contribution in [0.4, 0.5) is 14.6 Å². The van der Waals surface area contributed by atoms with Crippen LogP contribution in [0.3, 0.4) is 0 Å². The Hall–Kier alpha value is -4.90. The number of anilines is 1. The van der Waals surface area contributed by atoms with E-state index in [1.54, 1.807) is 16.6 Å². The Balaban J connectivity index is 1.46. The minimum atomic E-state index is -0.962. The van der Waals surface area contributed by atoms with Crippen LogP contribution in [-0.2, 0) is 0 Å². The number of primary amides is 1. The molecule has 9 nitrogen and oxygen atoms in total. The number of carbonyl (C=O) groups is 1. The van der Waals surface area contributed by atoms with Crippen LogP contribution < -0.4 is 22.3 Å². The Morgan fingerprint density at radius 2 is 1.73 bits per heavy atom. The summed E-state index contributed by atoms with van der Waals surface area (Å²) < 4.78 is 32.1. The second-order valence-corrected chi connectivity index (χ2v) is 9.73. The van der Waals surface area contributed by atoms with Crippen LogP contribution in [0, 0.1) is 11.6 Å². The summed E-state index contributed by atoms with van der Waals surface area (Å²) in [7, 11) is 0. The van der Waals surface area contributed by atoms with E-state index in [4.69, 9.17) is 11.5 Å². The van der Waals surface area contributed by atoms with Gasteiger partial charge in [0, 0.05) is 40.2 Å². The normalized spacial score (nSPS) is 14.1. The first-order chi connectivity index (χ1) is 19.3. The van der Waals surface area contributed by atoms with E-state index >= 15 is 4.39 Å². The van der Waals surface area contributed by atoms with Gasteiger partial charge in [-0.3, -0.25) is 14.2 Å². The maximum atomic E-state index is 15.8. The first kappa shape index (κ1) is 25.4. The van der Waals surface area contributed by atoms with Crippen molar-refractivity contribution in [2.24, 2.45) is 5.73 Å². The van der Waals surface area contributed by atoms with Gasteiger partial charge in [-0.25, -0.2) is 18.3 Å². The number of hydrogen-bond donors (Lipinski definition) is 3. The van der Waals surface area contributed by atoms with E-state index in [1.165, 1.54) is 53.5 Å². The molecule has 0 bridgehead atoms. The van der Waals surface area contributed by atoms with Crippen LogP contribution in [0.5, 0.6) is 0 Å². The third kappa shape index (κ3) is 4.30. The van der Waals surface area contributed by atoms with Crippen molar-refractivity contribution in [1.82, 2.24) is 24.5 Å². The lowest BCUT2D eigenvalue weighted by atomic mass is 9.93. The maximum Gasteiger partial charge on any atom is 0.268 e. The van der Waals surface area contributed by atoms with Crippen LogP contribution in [-0.4, -0.2) is 38.2 Å². The molecule has 5 N–H and O–H groups in total. The third-order valence-electron chi connectivity index (χ3n) is 7.38. The van der Waals surface area contributed by atoms with Crippen molar-refractivity contribution in [3.05, 3.63) is 100 Å². The molecule has 0 aliphatic carbocycles. The van der Waals surface area contributed by atoms with E-state index in [9.17, 15) is 14.0 Å². The molecule has 3 aromatic heterocycles. The topological polar surface area (TPSA) is 133 Å². The number of pyridine rings is 1. The molecule has 0 atom stereocenters. The van der Waals surface area contributed by atoms with Crippen molar-refractivity contribution in [1.29, 1.82) is 0 Å². The molecular weight excluding hydrogens is 516 g/mol. The fourth-order valence-electron chi connectivity index (χ4n) is 5.43. The fourth-order valence-corrected chi connectivity index (χ4v) is 5.43. The molecule has 0 spiro atoms. The van der Waals surface area contributed by atoms with Gasteiger partial charge in [-0.2, -0.15) is 5.10 Å². The van der Waals surface area contributed by atoms with Gasteiger partial charge in [0.25, 0.3) is 11.5 Å². The SMILES string of the molecule is NC(=O)c1c(-c2ccc(-c3cc(C4CCNCC4)n4ncnc(N)c34)c(F)c2)ccn(-c2ccc(F)cc2)c1=O. The summed E-state index contributed by atoms with van der Waals surface area (Å²) in [5, 5.41) is 7.76. The zero-order valence-electron chi connectivity index (χ0n) is 21.3. The number of nitrogens with two attached hydrogens (primary N) is 2. The van der Waals surface area contributed by atoms with Crippen molar-refractivity contribution < 1.29 is 13.6 Å². The summed E-state index contributed by atoms with van der Waals surface area (Å²) in [6, 6.07) is 13.1. The van der Waals surface area contributed by atoms with Crippen molar-refractivity contribution in [2.75, 3.05) is 18.8 Å². The minimum Gasteiger partial charge on any atom is -0.382 e. The van der Waals surface area contributed by atoms with Crippen molar-refractivity contribution >= 4 is 17.2 Å². The number of nitrogens with one attached hydrogen (secondary N) is 1. The predicted molar refractivity (Wildman–Crippen MR) is 147 cm³/mol. The summed E-state index contributed by atoms with van der Waals surface area (Å²) in [5.41, 5.74) is 13.9. The predicted octanol–water partition coefficient (Wildman–Crippen LogP) is 3.64. The highest BCUT2D eigenvalue weighted by Gasteiger charge is 2.25. The van der Waals surface area contributed by atoms with Gasteiger partial charge in [-0.05, 0) is 74.0 Å². The Bertz CT molecular complexity index is 1820. The number of amides is 1. The van der Waals surface area contributed by atoms with Gasteiger partial charge in [0.2, 0.25) is 0 Å². The number of fused-ring (bicyclic) bond motifs is 1. The number of piperidine rings is 1. The Morgan fingerprint density at radius 1 is 0.975 bits per heavy atom. The van der Waals surface area contributed by atoms with Crippen LogP contribution in [0.1, 0.15) is 34.8 Å². The Kier molecular flexibility index (Phi) is 6.35. The van der Waals surface area contributed by atoms with Gasteiger partial charge >= 0.3 is 0 Å². The van der Waals surface area contributed by atoms with Gasteiger partial charge in [-0.15, -0.1) is 0 Å². The smallest absolute Gasteiger partial charge is 0.268 e. The third-order valence-corrected chi connectivity index (χ3v) is 7.38. The molecule has 1 aliphatic rings. The number of carbonyl (C=O) groups excluding carboxylic acids is 1. The Morgan fingerprint density at radius 3 is 2.42 bits per heavy atom. The molecule has 5 aromatic rings. The van der Waals surface area contributed by atoms with E-state index in [0.717, 1.165) is 31.6 Å². The molecule has 4 heterocycles. The molecule has 6 rings (SSSR count). The summed E-state index contributed by atoms with van der Waals surface area (Å²) in [6.07, 6.45) is 4.65. The number of aromatic nitrogens is 4. The fraction of sp³-hybridized carbons (Fsp3) is 0.172. The molecule has 202 valence electrons. The molecule has 11 heteroatoms. The largest absolute Gasteiger partial charge is 0.382 e. The monoisotopic (exact) mass is 541 g/mol. The van der Waals surface area contributed by atoms with Gasteiger partial charge in [0.1, 0.15) is 29.0 Å².